The van der Waals surface area contributed by atoms with Crippen LogP contribution in [0.3, 0.4) is 0 Å². The van der Waals surface area contributed by atoms with Gasteiger partial charge in [0.1, 0.15) is 6.61 Å². The Hall–Kier alpha value is -0.340. The standard InChI is InChI=1S/C14H29O4P/c1-11(2)6-7-17-8-9-19(16)14(12(3)4)10-18-13(5)15/h11-12,14,19H,6-10H2,1-5H3. The molecule has 0 N–H and O–H groups in total. The molecule has 0 amide bonds. The Morgan fingerprint density at radius 1 is 1.16 bits per heavy atom. The lowest BCUT2D eigenvalue weighted by Gasteiger charge is -2.20. The lowest BCUT2D eigenvalue weighted by Crippen LogP contribution is -2.21. The van der Waals surface area contributed by atoms with E-state index in [1.807, 2.05) is 13.8 Å². The topological polar surface area (TPSA) is 52.6 Å². The lowest BCUT2D eigenvalue weighted by atomic mass is 10.1. The first-order chi connectivity index (χ1) is 8.84. The smallest absolute Gasteiger partial charge is 0.302 e. The summed E-state index contributed by atoms with van der Waals surface area (Å²) in [7, 11) is -1.78. The highest BCUT2D eigenvalue weighted by Crippen LogP contribution is 2.33. The summed E-state index contributed by atoms with van der Waals surface area (Å²) in [5, 5.41) is 0. The van der Waals surface area contributed by atoms with Crippen LogP contribution in [0.4, 0.5) is 0 Å². The molecule has 0 rings (SSSR count). The molecule has 4 nitrogen and oxygen atoms in total. The van der Waals surface area contributed by atoms with E-state index in [-0.39, 0.29) is 24.2 Å². The van der Waals surface area contributed by atoms with Crippen LogP contribution in [-0.4, -0.2) is 37.6 Å². The molecular formula is C14H29O4P. The molecule has 0 bridgehead atoms. The minimum absolute atomic E-state index is 0.0393. The zero-order valence-corrected chi connectivity index (χ0v) is 13.9. The average molecular weight is 292 g/mol. The Balaban J connectivity index is 3.94. The molecule has 0 aliphatic rings. The van der Waals surface area contributed by atoms with Crippen LogP contribution in [0.2, 0.25) is 0 Å². The van der Waals surface area contributed by atoms with Gasteiger partial charge in [0.2, 0.25) is 0 Å². The number of hydrogen-bond acceptors (Lipinski definition) is 4. The number of esters is 1. The van der Waals surface area contributed by atoms with E-state index in [1.165, 1.54) is 6.92 Å². The van der Waals surface area contributed by atoms with Crippen LogP contribution >= 0.6 is 7.80 Å². The summed E-state index contributed by atoms with van der Waals surface area (Å²) >= 11 is 0. The monoisotopic (exact) mass is 292 g/mol. The first-order valence-electron chi connectivity index (χ1n) is 7.08. The minimum atomic E-state index is -1.78. The van der Waals surface area contributed by atoms with E-state index in [1.54, 1.807) is 0 Å². The number of carbonyl (C=O) groups is 1. The van der Waals surface area contributed by atoms with Crippen molar-refractivity contribution in [2.75, 3.05) is 26.0 Å². The van der Waals surface area contributed by atoms with E-state index < -0.39 is 7.80 Å². The highest BCUT2D eigenvalue weighted by molar-refractivity contribution is 7.45. The molecule has 114 valence electrons. The maximum absolute atomic E-state index is 12.2. The summed E-state index contributed by atoms with van der Waals surface area (Å²) < 4.78 is 22.7. The summed E-state index contributed by atoms with van der Waals surface area (Å²) in [5.74, 6) is 0.569. The van der Waals surface area contributed by atoms with Crippen molar-refractivity contribution in [2.45, 2.75) is 46.7 Å². The summed E-state index contributed by atoms with van der Waals surface area (Å²) in [4.78, 5) is 10.8. The van der Waals surface area contributed by atoms with Crippen LogP contribution in [0.15, 0.2) is 0 Å². The largest absolute Gasteiger partial charge is 0.465 e. The molecule has 0 fully saturated rings. The van der Waals surface area contributed by atoms with E-state index in [9.17, 15) is 9.36 Å². The van der Waals surface area contributed by atoms with Crippen LogP contribution in [0.5, 0.6) is 0 Å². The summed E-state index contributed by atoms with van der Waals surface area (Å²) in [6.45, 7) is 11.2. The fourth-order valence-electron chi connectivity index (χ4n) is 1.64. The third-order valence-electron chi connectivity index (χ3n) is 3.02. The molecule has 0 radical (unpaired) electrons. The third-order valence-corrected chi connectivity index (χ3v) is 5.37. The molecule has 0 aliphatic carbocycles. The second kappa shape index (κ2) is 10.4. The van der Waals surface area contributed by atoms with Crippen LogP contribution in [0.1, 0.15) is 41.0 Å². The Kier molecular flexibility index (Phi) is 10.3. The summed E-state index contributed by atoms with van der Waals surface area (Å²) in [5.41, 5.74) is -0.0393. The quantitative estimate of drug-likeness (QED) is 0.352. The lowest BCUT2D eigenvalue weighted by molar-refractivity contribution is -0.141. The van der Waals surface area contributed by atoms with Crippen molar-refractivity contribution in [3.05, 3.63) is 0 Å². The molecular weight excluding hydrogens is 263 g/mol. The second-order valence-corrected chi connectivity index (χ2v) is 7.84. The van der Waals surface area contributed by atoms with Crippen molar-refractivity contribution < 1.29 is 18.8 Å². The van der Waals surface area contributed by atoms with Crippen molar-refractivity contribution in [3.63, 3.8) is 0 Å². The average Bonchev–Trinajstić information content (AvgIpc) is 2.27. The van der Waals surface area contributed by atoms with Gasteiger partial charge in [0, 0.05) is 25.4 Å². The Morgan fingerprint density at radius 2 is 1.79 bits per heavy atom. The van der Waals surface area contributed by atoms with E-state index in [2.05, 4.69) is 13.8 Å². The SMILES string of the molecule is CC(=O)OCC(C(C)C)[PH](=O)CCOCCC(C)C. The van der Waals surface area contributed by atoms with E-state index in [4.69, 9.17) is 9.47 Å². The van der Waals surface area contributed by atoms with Gasteiger partial charge in [-0.1, -0.05) is 27.7 Å². The third kappa shape index (κ3) is 10.1. The number of ether oxygens (including phenoxy) is 2. The van der Waals surface area contributed by atoms with Crippen LogP contribution in [0.25, 0.3) is 0 Å². The Bertz CT molecular complexity index is 277. The molecule has 2 atom stereocenters. The van der Waals surface area contributed by atoms with Crippen LogP contribution in [0, 0.1) is 11.8 Å². The van der Waals surface area contributed by atoms with Gasteiger partial charge in [-0.05, 0) is 18.3 Å². The first kappa shape index (κ1) is 18.7. The predicted octanol–water partition coefficient (Wildman–Crippen LogP) is 3.20. The summed E-state index contributed by atoms with van der Waals surface area (Å²) in [6, 6.07) is 0. The van der Waals surface area contributed by atoms with Gasteiger partial charge in [-0.15, -0.1) is 0 Å². The minimum Gasteiger partial charge on any atom is -0.465 e. The van der Waals surface area contributed by atoms with Crippen LogP contribution < -0.4 is 0 Å². The highest BCUT2D eigenvalue weighted by atomic mass is 31.1. The maximum atomic E-state index is 12.2. The van der Waals surface area contributed by atoms with Crippen molar-refractivity contribution >= 4 is 13.8 Å². The molecule has 0 aromatic carbocycles. The van der Waals surface area contributed by atoms with E-state index in [0.29, 0.717) is 18.7 Å². The van der Waals surface area contributed by atoms with Crippen LogP contribution in [-0.2, 0) is 18.8 Å². The Morgan fingerprint density at radius 3 is 2.26 bits per heavy atom. The maximum Gasteiger partial charge on any atom is 0.302 e. The molecule has 0 aromatic heterocycles. The number of carbonyl (C=O) groups excluding carboxylic acids is 1. The van der Waals surface area contributed by atoms with Gasteiger partial charge in [0.05, 0.1) is 14.4 Å². The van der Waals surface area contributed by atoms with Crippen molar-refractivity contribution in [2.24, 2.45) is 11.8 Å². The van der Waals surface area contributed by atoms with Gasteiger partial charge in [-0.2, -0.15) is 0 Å². The van der Waals surface area contributed by atoms with Gasteiger partial charge < -0.3 is 14.0 Å². The summed E-state index contributed by atoms with van der Waals surface area (Å²) in [6.07, 6.45) is 1.61. The molecule has 5 heteroatoms. The van der Waals surface area contributed by atoms with Gasteiger partial charge in [-0.25, -0.2) is 0 Å². The van der Waals surface area contributed by atoms with E-state index >= 15 is 0 Å². The van der Waals surface area contributed by atoms with E-state index in [0.717, 1.165) is 13.0 Å². The molecule has 0 aliphatic heterocycles. The normalized spacial score (nSPS) is 14.7. The van der Waals surface area contributed by atoms with Gasteiger partial charge in [0.15, 0.2) is 0 Å². The van der Waals surface area contributed by atoms with Crippen molar-refractivity contribution in [1.82, 2.24) is 0 Å². The van der Waals surface area contributed by atoms with Gasteiger partial charge >= 0.3 is 5.97 Å². The molecule has 0 saturated heterocycles. The molecule has 2 unspecified atom stereocenters. The predicted molar refractivity (Wildman–Crippen MR) is 79.4 cm³/mol. The van der Waals surface area contributed by atoms with Gasteiger partial charge in [0.25, 0.3) is 0 Å². The Labute approximate surface area is 118 Å². The van der Waals surface area contributed by atoms with Crippen molar-refractivity contribution in [1.29, 1.82) is 0 Å². The van der Waals surface area contributed by atoms with Gasteiger partial charge in [-0.3, -0.25) is 4.79 Å². The second-order valence-electron chi connectivity index (χ2n) is 5.66. The molecule has 0 saturated carbocycles. The molecule has 0 heterocycles. The molecule has 0 spiro atoms. The molecule has 0 aromatic rings. The fourth-order valence-corrected chi connectivity index (χ4v) is 3.37. The first-order valence-corrected chi connectivity index (χ1v) is 8.77. The fraction of sp³-hybridized carbons (Fsp3) is 0.929. The highest BCUT2D eigenvalue weighted by Gasteiger charge is 2.21. The number of rotatable bonds is 10. The van der Waals surface area contributed by atoms with Crippen molar-refractivity contribution in [3.8, 4) is 0 Å². The number of hydrogen-bond donors (Lipinski definition) is 0. The zero-order chi connectivity index (χ0) is 14.8. The zero-order valence-electron chi connectivity index (χ0n) is 12.9. The molecule has 19 heavy (non-hydrogen) atoms.